The molecular weight excluding hydrogens is 210 g/mol. The van der Waals surface area contributed by atoms with Gasteiger partial charge in [0.1, 0.15) is 5.69 Å². The second-order valence-electron chi connectivity index (χ2n) is 3.26. The molecule has 0 saturated heterocycles. The molecule has 0 aliphatic rings. The third kappa shape index (κ3) is 2.83. The minimum atomic E-state index is -0.315. The molecule has 16 heavy (non-hydrogen) atoms. The van der Waals surface area contributed by atoms with Crippen LogP contribution in [0.5, 0.6) is 0 Å². The molecule has 88 valence electrons. The number of amides is 2. The fraction of sp³-hybridized carbons (Fsp3) is 0.400. The number of hydrogen-bond donors (Lipinski definition) is 1. The minimum Gasteiger partial charge on any atom is -0.347 e. The molecule has 1 heterocycles. The van der Waals surface area contributed by atoms with Crippen LogP contribution in [0.25, 0.3) is 0 Å². The number of carbonyl (C=O) groups is 2. The predicted molar refractivity (Wildman–Crippen MR) is 57.5 cm³/mol. The smallest absolute Gasteiger partial charge is 0.268 e. The van der Waals surface area contributed by atoms with Crippen molar-refractivity contribution in [2.24, 2.45) is 7.05 Å². The van der Waals surface area contributed by atoms with E-state index in [0.717, 1.165) is 5.06 Å². The van der Waals surface area contributed by atoms with Crippen LogP contribution in [-0.4, -0.2) is 42.1 Å². The number of aromatic nitrogens is 1. The molecule has 6 heteroatoms. The van der Waals surface area contributed by atoms with Gasteiger partial charge in [-0.15, -0.1) is 0 Å². The third-order valence-electron chi connectivity index (χ3n) is 2.20. The van der Waals surface area contributed by atoms with Crippen LogP contribution in [0.2, 0.25) is 0 Å². The fourth-order valence-electron chi connectivity index (χ4n) is 1.16. The first-order valence-electron chi connectivity index (χ1n) is 4.76. The highest BCUT2D eigenvalue weighted by atomic mass is 16.7. The molecule has 1 aromatic heterocycles. The van der Waals surface area contributed by atoms with E-state index in [1.165, 1.54) is 14.2 Å². The monoisotopic (exact) mass is 225 g/mol. The van der Waals surface area contributed by atoms with Crippen LogP contribution in [-0.2, 0) is 16.7 Å². The predicted octanol–water partition coefficient (Wildman–Crippen LogP) is -0.225. The van der Waals surface area contributed by atoms with Crippen molar-refractivity contribution < 1.29 is 14.4 Å². The maximum atomic E-state index is 11.6. The summed E-state index contributed by atoms with van der Waals surface area (Å²) in [6, 6.07) is 3.44. The van der Waals surface area contributed by atoms with Crippen molar-refractivity contribution in [3.63, 3.8) is 0 Å². The topological polar surface area (TPSA) is 63.6 Å². The van der Waals surface area contributed by atoms with E-state index in [4.69, 9.17) is 0 Å². The van der Waals surface area contributed by atoms with Gasteiger partial charge in [-0.25, -0.2) is 5.06 Å². The summed E-state index contributed by atoms with van der Waals surface area (Å²) in [6.45, 7) is -0.0889. The molecule has 6 nitrogen and oxygen atoms in total. The average Bonchev–Trinajstić information content (AvgIpc) is 2.70. The molecule has 0 fully saturated rings. The van der Waals surface area contributed by atoms with Crippen molar-refractivity contribution >= 4 is 11.8 Å². The molecule has 0 bridgehead atoms. The van der Waals surface area contributed by atoms with Crippen LogP contribution in [0.15, 0.2) is 18.3 Å². The minimum absolute atomic E-state index is 0.0889. The van der Waals surface area contributed by atoms with Crippen molar-refractivity contribution in [2.45, 2.75) is 0 Å². The second kappa shape index (κ2) is 5.32. The van der Waals surface area contributed by atoms with E-state index in [-0.39, 0.29) is 18.4 Å². The van der Waals surface area contributed by atoms with Crippen molar-refractivity contribution in [1.82, 2.24) is 14.9 Å². The highest BCUT2D eigenvalue weighted by Gasteiger charge is 2.12. The van der Waals surface area contributed by atoms with E-state index in [1.807, 2.05) is 0 Å². The Kier molecular flexibility index (Phi) is 4.07. The Morgan fingerprint density at radius 3 is 2.75 bits per heavy atom. The first-order chi connectivity index (χ1) is 7.56. The molecule has 0 radical (unpaired) electrons. The zero-order valence-electron chi connectivity index (χ0n) is 9.56. The molecular formula is C10H15N3O3. The lowest BCUT2D eigenvalue weighted by molar-refractivity contribution is -0.167. The zero-order chi connectivity index (χ0) is 12.1. The SMILES string of the molecule is CON(C)C(=O)CNC(=O)c1cccn1C. The molecule has 0 unspecified atom stereocenters. The number of nitrogens with one attached hydrogen (secondary N) is 1. The van der Waals surface area contributed by atoms with Crippen LogP contribution in [0, 0.1) is 0 Å². The molecule has 0 spiro atoms. The van der Waals surface area contributed by atoms with Gasteiger partial charge >= 0.3 is 0 Å². The number of hydroxylamine groups is 2. The van der Waals surface area contributed by atoms with Crippen LogP contribution in [0.1, 0.15) is 10.5 Å². The number of nitrogens with zero attached hydrogens (tertiary/aromatic N) is 2. The second-order valence-corrected chi connectivity index (χ2v) is 3.26. The summed E-state index contributed by atoms with van der Waals surface area (Å²) >= 11 is 0. The van der Waals surface area contributed by atoms with Gasteiger partial charge in [0, 0.05) is 20.3 Å². The molecule has 2 amide bonds. The Labute approximate surface area is 93.7 Å². The molecule has 0 aliphatic carbocycles. The standard InChI is InChI=1S/C10H15N3O3/c1-12-6-4-5-8(12)10(15)11-7-9(14)13(2)16-3/h4-6H,7H2,1-3H3,(H,11,15). The first kappa shape index (κ1) is 12.3. The van der Waals surface area contributed by atoms with Crippen molar-refractivity contribution in [1.29, 1.82) is 0 Å². The van der Waals surface area contributed by atoms with Crippen LogP contribution in [0.3, 0.4) is 0 Å². The van der Waals surface area contributed by atoms with Gasteiger partial charge in [0.05, 0.1) is 13.7 Å². The lowest BCUT2D eigenvalue weighted by Gasteiger charge is -2.13. The van der Waals surface area contributed by atoms with Crippen molar-refractivity contribution in [3.8, 4) is 0 Å². The van der Waals surface area contributed by atoms with Gasteiger partial charge in [0.25, 0.3) is 11.8 Å². The Hall–Kier alpha value is -1.82. The lowest BCUT2D eigenvalue weighted by atomic mass is 10.4. The van der Waals surface area contributed by atoms with Crippen molar-refractivity contribution in [2.75, 3.05) is 20.7 Å². The Bertz CT molecular complexity index is 386. The van der Waals surface area contributed by atoms with E-state index in [0.29, 0.717) is 5.69 Å². The molecule has 1 N–H and O–H groups in total. The first-order valence-corrected chi connectivity index (χ1v) is 4.76. The summed E-state index contributed by atoms with van der Waals surface area (Å²) in [5, 5.41) is 3.57. The maximum Gasteiger partial charge on any atom is 0.268 e. The molecule has 1 rings (SSSR count). The van der Waals surface area contributed by atoms with Gasteiger partial charge in [-0.1, -0.05) is 0 Å². The average molecular weight is 225 g/mol. The molecule has 1 aromatic rings. The fourth-order valence-corrected chi connectivity index (χ4v) is 1.16. The third-order valence-corrected chi connectivity index (χ3v) is 2.20. The van der Waals surface area contributed by atoms with E-state index >= 15 is 0 Å². The number of likely N-dealkylation sites (N-methyl/N-ethyl adjacent to an activating group) is 1. The molecule has 0 atom stereocenters. The van der Waals surface area contributed by atoms with E-state index < -0.39 is 0 Å². The number of hydrogen-bond acceptors (Lipinski definition) is 3. The lowest BCUT2D eigenvalue weighted by Crippen LogP contribution is -2.38. The molecule has 0 aliphatic heterocycles. The van der Waals surface area contributed by atoms with Gasteiger partial charge in [-0.2, -0.15) is 0 Å². The largest absolute Gasteiger partial charge is 0.347 e. The van der Waals surface area contributed by atoms with Crippen LogP contribution >= 0.6 is 0 Å². The Morgan fingerprint density at radius 1 is 1.56 bits per heavy atom. The van der Waals surface area contributed by atoms with E-state index in [1.54, 1.807) is 29.9 Å². The highest BCUT2D eigenvalue weighted by molar-refractivity contribution is 5.95. The Balaban J connectivity index is 2.48. The number of aryl methyl sites for hydroxylation is 1. The Morgan fingerprint density at radius 2 is 2.25 bits per heavy atom. The van der Waals surface area contributed by atoms with E-state index in [9.17, 15) is 9.59 Å². The number of carbonyl (C=O) groups excluding carboxylic acids is 2. The molecule has 0 saturated carbocycles. The van der Waals surface area contributed by atoms with Crippen molar-refractivity contribution in [3.05, 3.63) is 24.0 Å². The summed E-state index contributed by atoms with van der Waals surface area (Å²) in [5.74, 6) is -0.601. The van der Waals surface area contributed by atoms with Gasteiger partial charge in [-0.3, -0.25) is 14.4 Å². The summed E-state index contributed by atoms with van der Waals surface area (Å²) in [6.07, 6.45) is 1.76. The summed E-state index contributed by atoms with van der Waals surface area (Å²) in [7, 11) is 4.63. The van der Waals surface area contributed by atoms with Gasteiger partial charge < -0.3 is 9.88 Å². The molecule has 0 aromatic carbocycles. The summed E-state index contributed by atoms with van der Waals surface area (Å²) in [5.41, 5.74) is 0.507. The maximum absolute atomic E-state index is 11.6. The van der Waals surface area contributed by atoms with Gasteiger partial charge in [-0.05, 0) is 12.1 Å². The highest BCUT2D eigenvalue weighted by Crippen LogP contribution is 1.98. The summed E-state index contributed by atoms with van der Waals surface area (Å²) < 4.78 is 1.68. The quantitative estimate of drug-likeness (QED) is 0.720. The van der Waals surface area contributed by atoms with Gasteiger partial charge in [0.2, 0.25) is 0 Å². The van der Waals surface area contributed by atoms with E-state index in [2.05, 4.69) is 10.2 Å². The zero-order valence-corrected chi connectivity index (χ0v) is 9.56. The normalized spacial score (nSPS) is 9.94. The van der Waals surface area contributed by atoms with Crippen LogP contribution < -0.4 is 5.32 Å². The number of rotatable bonds is 4. The summed E-state index contributed by atoms with van der Waals surface area (Å²) in [4.78, 5) is 27.6. The van der Waals surface area contributed by atoms with Crippen LogP contribution in [0.4, 0.5) is 0 Å². The van der Waals surface area contributed by atoms with Gasteiger partial charge in [0.15, 0.2) is 0 Å².